The predicted octanol–water partition coefficient (Wildman–Crippen LogP) is 4.30. The Morgan fingerprint density at radius 1 is 1.04 bits per heavy atom. The summed E-state index contributed by atoms with van der Waals surface area (Å²) in [4.78, 5) is 23.8. The fourth-order valence-corrected chi connectivity index (χ4v) is 2.57. The van der Waals surface area contributed by atoms with E-state index in [1.165, 1.54) is 0 Å². The van der Waals surface area contributed by atoms with Crippen LogP contribution in [0.1, 0.15) is 30.4 Å². The zero-order chi connectivity index (χ0) is 18.8. The molecule has 0 aromatic heterocycles. The topological polar surface area (TPSA) is 64.6 Å². The Bertz CT molecular complexity index is 704. The van der Waals surface area contributed by atoms with Crippen molar-refractivity contribution < 1.29 is 19.1 Å². The molecular weight excluding hydrogens is 354 g/mol. The molecule has 6 heteroatoms. The van der Waals surface area contributed by atoms with E-state index in [9.17, 15) is 9.59 Å². The number of halogens is 1. The van der Waals surface area contributed by atoms with E-state index in [0.29, 0.717) is 11.6 Å². The van der Waals surface area contributed by atoms with Crippen molar-refractivity contribution in [2.24, 2.45) is 0 Å². The summed E-state index contributed by atoms with van der Waals surface area (Å²) in [5.74, 6) is -0.539. The molecule has 0 heterocycles. The molecule has 2 aromatic rings. The number of carbonyl (C=O) groups is 2. The van der Waals surface area contributed by atoms with Gasteiger partial charge < -0.3 is 14.8 Å². The molecule has 26 heavy (non-hydrogen) atoms. The molecule has 0 aliphatic heterocycles. The minimum absolute atomic E-state index is 0.161. The third-order valence-corrected chi connectivity index (χ3v) is 4.02. The Hall–Kier alpha value is -2.53. The average Bonchev–Trinajstić information content (AvgIpc) is 2.65. The normalized spacial score (nSPS) is 11.5. The van der Waals surface area contributed by atoms with Crippen molar-refractivity contribution >= 4 is 23.7 Å². The van der Waals surface area contributed by atoms with Crippen LogP contribution in [0.3, 0.4) is 0 Å². The summed E-state index contributed by atoms with van der Waals surface area (Å²) >= 11 is 5.92. The molecule has 2 aromatic carbocycles. The molecule has 1 amide bonds. The second-order valence-corrected chi connectivity index (χ2v) is 6.14. The number of benzene rings is 2. The summed E-state index contributed by atoms with van der Waals surface area (Å²) in [5, 5.41) is 3.32. The minimum Gasteiger partial charge on any atom is -0.466 e. The second-order valence-electron chi connectivity index (χ2n) is 5.70. The molecule has 0 bridgehead atoms. The molecule has 0 unspecified atom stereocenters. The standard InChI is InChI=1S/C20H22ClNO4/c1-2-25-19(23)12-17(16-8-10-18(21)11-9-16)13-22-20(24)26-14-15-6-4-3-5-7-15/h3-11,17H,2,12-14H2,1H3,(H,22,24)/t17-/m0/s1. The van der Waals surface area contributed by atoms with Crippen LogP contribution in [0.5, 0.6) is 0 Å². The maximum absolute atomic E-state index is 11.9. The summed E-state index contributed by atoms with van der Waals surface area (Å²) < 4.78 is 10.2. The van der Waals surface area contributed by atoms with Crippen molar-refractivity contribution in [3.8, 4) is 0 Å². The smallest absolute Gasteiger partial charge is 0.407 e. The summed E-state index contributed by atoms with van der Waals surface area (Å²) in [6.07, 6.45) is -0.370. The highest BCUT2D eigenvalue weighted by molar-refractivity contribution is 6.30. The van der Waals surface area contributed by atoms with Crippen molar-refractivity contribution in [2.45, 2.75) is 25.9 Å². The Labute approximate surface area is 158 Å². The molecule has 0 spiro atoms. The first kappa shape index (κ1) is 19.8. The van der Waals surface area contributed by atoms with Gasteiger partial charge in [0.05, 0.1) is 13.0 Å². The van der Waals surface area contributed by atoms with Crippen LogP contribution in [0.4, 0.5) is 4.79 Å². The van der Waals surface area contributed by atoms with Crippen LogP contribution in [0.25, 0.3) is 0 Å². The molecule has 0 fully saturated rings. The van der Waals surface area contributed by atoms with E-state index in [1.54, 1.807) is 19.1 Å². The third-order valence-electron chi connectivity index (χ3n) is 3.77. The molecule has 1 N–H and O–H groups in total. The Kier molecular flexibility index (Phi) is 7.96. The number of amides is 1. The quantitative estimate of drug-likeness (QED) is 0.698. The van der Waals surface area contributed by atoms with Crippen LogP contribution >= 0.6 is 11.6 Å². The predicted molar refractivity (Wildman–Crippen MR) is 100 cm³/mol. The van der Waals surface area contributed by atoms with Gasteiger partial charge >= 0.3 is 12.1 Å². The molecular formula is C20H22ClNO4. The first-order valence-electron chi connectivity index (χ1n) is 8.44. The van der Waals surface area contributed by atoms with E-state index in [2.05, 4.69) is 5.32 Å². The van der Waals surface area contributed by atoms with E-state index in [0.717, 1.165) is 11.1 Å². The number of esters is 1. The zero-order valence-electron chi connectivity index (χ0n) is 14.6. The summed E-state index contributed by atoms with van der Waals surface area (Å²) in [6.45, 7) is 2.53. The lowest BCUT2D eigenvalue weighted by atomic mass is 9.96. The number of nitrogens with one attached hydrogen (secondary N) is 1. The van der Waals surface area contributed by atoms with E-state index < -0.39 is 6.09 Å². The Morgan fingerprint density at radius 3 is 2.38 bits per heavy atom. The monoisotopic (exact) mass is 375 g/mol. The highest BCUT2D eigenvalue weighted by Gasteiger charge is 2.18. The van der Waals surface area contributed by atoms with Crippen LogP contribution in [-0.2, 0) is 20.9 Å². The molecule has 1 atom stereocenters. The molecule has 0 radical (unpaired) electrons. The second kappa shape index (κ2) is 10.5. The van der Waals surface area contributed by atoms with Gasteiger partial charge in [-0.05, 0) is 30.2 Å². The van der Waals surface area contributed by atoms with Crippen molar-refractivity contribution in [3.05, 3.63) is 70.7 Å². The first-order chi connectivity index (χ1) is 12.6. The lowest BCUT2D eigenvalue weighted by molar-refractivity contribution is -0.143. The largest absolute Gasteiger partial charge is 0.466 e. The van der Waals surface area contributed by atoms with Gasteiger partial charge in [-0.15, -0.1) is 0 Å². The van der Waals surface area contributed by atoms with E-state index in [-0.39, 0.29) is 31.5 Å². The molecule has 2 rings (SSSR count). The number of hydrogen-bond acceptors (Lipinski definition) is 4. The van der Waals surface area contributed by atoms with Crippen LogP contribution in [-0.4, -0.2) is 25.2 Å². The number of hydrogen-bond donors (Lipinski definition) is 1. The van der Waals surface area contributed by atoms with Crippen LogP contribution in [0.15, 0.2) is 54.6 Å². The minimum atomic E-state index is -0.531. The summed E-state index contributed by atoms with van der Waals surface area (Å²) in [7, 11) is 0. The van der Waals surface area contributed by atoms with Crippen LogP contribution in [0, 0.1) is 0 Å². The van der Waals surface area contributed by atoms with Crippen molar-refractivity contribution in [1.29, 1.82) is 0 Å². The Balaban J connectivity index is 1.91. The van der Waals surface area contributed by atoms with E-state index in [1.807, 2.05) is 42.5 Å². The maximum atomic E-state index is 11.9. The van der Waals surface area contributed by atoms with Gasteiger partial charge in [0, 0.05) is 17.5 Å². The number of alkyl carbamates (subject to hydrolysis) is 1. The molecule has 138 valence electrons. The fraction of sp³-hybridized carbons (Fsp3) is 0.300. The molecule has 0 aliphatic carbocycles. The van der Waals surface area contributed by atoms with Crippen LogP contribution < -0.4 is 5.32 Å². The SMILES string of the molecule is CCOC(=O)C[C@@H](CNC(=O)OCc1ccccc1)c1ccc(Cl)cc1. The van der Waals surface area contributed by atoms with Gasteiger partial charge in [-0.1, -0.05) is 54.1 Å². The van der Waals surface area contributed by atoms with Crippen molar-refractivity contribution in [1.82, 2.24) is 5.32 Å². The molecule has 5 nitrogen and oxygen atoms in total. The summed E-state index contributed by atoms with van der Waals surface area (Å²) in [5.41, 5.74) is 1.80. The van der Waals surface area contributed by atoms with Gasteiger partial charge in [-0.3, -0.25) is 4.79 Å². The molecule has 0 saturated carbocycles. The van der Waals surface area contributed by atoms with E-state index >= 15 is 0 Å². The van der Waals surface area contributed by atoms with Gasteiger partial charge in [-0.25, -0.2) is 4.79 Å². The number of rotatable bonds is 8. The van der Waals surface area contributed by atoms with Gasteiger partial charge in [0.15, 0.2) is 0 Å². The van der Waals surface area contributed by atoms with Gasteiger partial charge in [0.1, 0.15) is 6.61 Å². The Morgan fingerprint density at radius 2 is 1.73 bits per heavy atom. The molecule has 0 saturated heterocycles. The fourth-order valence-electron chi connectivity index (χ4n) is 2.44. The van der Waals surface area contributed by atoms with Crippen molar-refractivity contribution in [3.63, 3.8) is 0 Å². The highest BCUT2D eigenvalue weighted by Crippen LogP contribution is 2.22. The van der Waals surface area contributed by atoms with Gasteiger partial charge in [0.2, 0.25) is 0 Å². The maximum Gasteiger partial charge on any atom is 0.407 e. The van der Waals surface area contributed by atoms with Gasteiger partial charge in [-0.2, -0.15) is 0 Å². The lowest BCUT2D eigenvalue weighted by Crippen LogP contribution is -2.30. The summed E-state index contributed by atoms with van der Waals surface area (Å²) in [6, 6.07) is 16.6. The highest BCUT2D eigenvalue weighted by atomic mass is 35.5. The zero-order valence-corrected chi connectivity index (χ0v) is 15.4. The van der Waals surface area contributed by atoms with E-state index in [4.69, 9.17) is 21.1 Å². The first-order valence-corrected chi connectivity index (χ1v) is 8.82. The third kappa shape index (κ3) is 6.76. The lowest BCUT2D eigenvalue weighted by Gasteiger charge is -2.17. The number of carbonyl (C=O) groups excluding carboxylic acids is 2. The van der Waals surface area contributed by atoms with Crippen molar-refractivity contribution in [2.75, 3.05) is 13.2 Å². The average molecular weight is 376 g/mol. The number of ether oxygens (including phenoxy) is 2. The van der Waals surface area contributed by atoms with Gasteiger partial charge in [0.25, 0.3) is 0 Å². The molecule has 0 aliphatic rings. The van der Waals surface area contributed by atoms with Crippen LogP contribution in [0.2, 0.25) is 5.02 Å².